The first-order chi connectivity index (χ1) is 18.2. The molecule has 1 aromatic carbocycles. The van der Waals surface area contributed by atoms with Gasteiger partial charge in [-0.3, -0.25) is 4.79 Å². The zero-order valence-electron chi connectivity index (χ0n) is 22.5. The maximum atomic E-state index is 12.3. The van der Waals surface area contributed by atoms with Crippen LogP contribution in [0.1, 0.15) is 65.4 Å². The van der Waals surface area contributed by atoms with Gasteiger partial charge in [-0.25, -0.2) is 14.4 Å². The maximum absolute atomic E-state index is 12.3. The smallest absolute Gasteiger partial charge is 0.461 e. The predicted octanol–water partition coefficient (Wildman–Crippen LogP) is 4.68. The minimum Gasteiger partial charge on any atom is -0.461 e. The number of unbranched alkanes of at least 4 members (excludes halogenated alkanes) is 2. The van der Waals surface area contributed by atoms with Crippen LogP contribution in [0.5, 0.6) is 11.5 Å². The standard InChI is InChI=1S/C26H39NO11/c1-5-8-13-33-25(30)37-21-11-10-19(16-22(21)38-26(31)34-14-9-6-2)15-20(27)23(28)35-17-18(4)36-24(29)32-12-7-3/h10-11,16,18,20H,5-9,12-15,17,27H2,1-4H3/t18-,20-/m0/s1. The monoisotopic (exact) mass is 541 g/mol. The Kier molecular flexibility index (Phi) is 16.0. The van der Waals surface area contributed by atoms with Crippen LogP contribution < -0.4 is 15.2 Å². The Hall–Kier alpha value is -3.54. The summed E-state index contributed by atoms with van der Waals surface area (Å²) in [4.78, 5) is 47.9. The Balaban J connectivity index is 2.80. The molecule has 0 aliphatic rings. The number of esters is 1. The lowest BCUT2D eigenvalue weighted by Gasteiger charge is -2.16. The van der Waals surface area contributed by atoms with Crippen molar-refractivity contribution >= 4 is 24.4 Å². The van der Waals surface area contributed by atoms with Gasteiger partial charge in [-0.2, -0.15) is 0 Å². The van der Waals surface area contributed by atoms with Gasteiger partial charge >= 0.3 is 24.4 Å². The summed E-state index contributed by atoms with van der Waals surface area (Å²) in [5.41, 5.74) is 6.47. The molecule has 0 bridgehead atoms. The van der Waals surface area contributed by atoms with Gasteiger partial charge in [0.25, 0.3) is 0 Å². The molecule has 0 spiro atoms. The molecule has 0 aliphatic heterocycles. The zero-order chi connectivity index (χ0) is 28.3. The second kappa shape index (κ2) is 18.7. The molecule has 2 atom stereocenters. The molecule has 0 amide bonds. The third-order valence-electron chi connectivity index (χ3n) is 4.77. The van der Waals surface area contributed by atoms with Crippen molar-refractivity contribution in [1.29, 1.82) is 0 Å². The summed E-state index contributed by atoms with van der Waals surface area (Å²) in [5.74, 6) is -0.909. The topological polar surface area (TPSA) is 159 Å². The SMILES string of the molecule is CCCCOC(=O)Oc1ccc(C[C@H](N)C(=O)OC[C@H](C)OC(=O)OCCC)cc1OC(=O)OCCCC. The van der Waals surface area contributed by atoms with Crippen LogP contribution >= 0.6 is 0 Å². The van der Waals surface area contributed by atoms with Crippen LogP contribution in [-0.4, -0.2) is 63.0 Å². The van der Waals surface area contributed by atoms with Gasteiger partial charge in [-0.15, -0.1) is 0 Å². The van der Waals surface area contributed by atoms with E-state index >= 15 is 0 Å². The van der Waals surface area contributed by atoms with Crippen molar-refractivity contribution in [3.8, 4) is 11.5 Å². The highest BCUT2D eigenvalue weighted by molar-refractivity contribution is 5.76. The van der Waals surface area contributed by atoms with Crippen molar-refractivity contribution in [3.63, 3.8) is 0 Å². The molecule has 1 rings (SSSR count). The minimum atomic E-state index is -1.08. The van der Waals surface area contributed by atoms with E-state index in [1.54, 1.807) is 13.0 Å². The molecule has 0 heterocycles. The van der Waals surface area contributed by atoms with Gasteiger partial charge in [0.05, 0.1) is 19.8 Å². The van der Waals surface area contributed by atoms with Crippen LogP contribution in [0.3, 0.4) is 0 Å². The van der Waals surface area contributed by atoms with Crippen LogP contribution in [0.2, 0.25) is 0 Å². The van der Waals surface area contributed by atoms with Gasteiger partial charge in [-0.05, 0) is 50.3 Å². The Morgan fingerprint density at radius 1 is 0.763 bits per heavy atom. The van der Waals surface area contributed by atoms with Crippen LogP contribution in [-0.2, 0) is 34.9 Å². The number of nitrogens with two attached hydrogens (primary N) is 1. The van der Waals surface area contributed by atoms with Gasteiger partial charge in [0.2, 0.25) is 0 Å². The lowest BCUT2D eigenvalue weighted by molar-refractivity contribution is -0.148. The molecule has 0 fully saturated rings. The van der Waals surface area contributed by atoms with E-state index in [9.17, 15) is 19.2 Å². The molecule has 0 saturated heterocycles. The van der Waals surface area contributed by atoms with Crippen LogP contribution in [0.15, 0.2) is 18.2 Å². The Morgan fingerprint density at radius 3 is 1.92 bits per heavy atom. The highest BCUT2D eigenvalue weighted by Crippen LogP contribution is 2.30. The summed E-state index contributed by atoms with van der Waals surface area (Å²) in [7, 11) is 0. The summed E-state index contributed by atoms with van der Waals surface area (Å²) in [6.45, 7) is 7.64. The first-order valence-corrected chi connectivity index (χ1v) is 12.8. The van der Waals surface area contributed by atoms with E-state index in [1.165, 1.54) is 12.1 Å². The van der Waals surface area contributed by atoms with Gasteiger partial charge < -0.3 is 38.9 Å². The number of ether oxygens (including phenoxy) is 7. The molecule has 0 aromatic heterocycles. The molecule has 38 heavy (non-hydrogen) atoms. The van der Waals surface area contributed by atoms with E-state index in [-0.39, 0.29) is 44.3 Å². The number of benzene rings is 1. The normalized spacial score (nSPS) is 12.0. The van der Waals surface area contributed by atoms with E-state index in [2.05, 4.69) is 0 Å². The molecule has 0 unspecified atom stereocenters. The molecular formula is C26H39NO11. The van der Waals surface area contributed by atoms with Crippen molar-refractivity contribution in [1.82, 2.24) is 0 Å². The van der Waals surface area contributed by atoms with E-state index in [0.29, 0.717) is 24.8 Å². The lowest BCUT2D eigenvalue weighted by atomic mass is 10.1. The Bertz CT molecular complexity index is 890. The summed E-state index contributed by atoms with van der Waals surface area (Å²) in [6.07, 6.45) is 0.125. The average molecular weight is 542 g/mol. The number of hydrogen-bond acceptors (Lipinski definition) is 12. The van der Waals surface area contributed by atoms with Crippen molar-refractivity contribution < 1.29 is 52.3 Å². The fourth-order valence-corrected chi connectivity index (χ4v) is 2.74. The van der Waals surface area contributed by atoms with Crippen molar-refractivity contribution in [3.05, 3.63) is 23.8 Å². The predicted molar refractivity (Wildman–Crippen MR) is 135 cm³/mol. The van der Waals surface area contributed by atoms with Gasteiger partial charge in [0, 0.05) is 0 Å². The number of hydrogen-bond donors (Lipinski definition) is 1. The highest BCUT2D eigenvalue weighted by Gasteiger charge is 2.21. The third kappa shape index (κ3) is 13.7. The highest BCUT2D eigenvalue weighted by atomic mass is 16.7. The molecule has 0 radical (unpaired) electrons. The fourth-order valence-electron chi connectivity index (χ4n) is 2.74. The molecular weight excluding hydrogens is 502 g/mol. The largest absolute Gasteiger partial charge is 0.513 e. The zero-order valence-corrected chi connectivity index (χ0v) is 22.5. The van der Waals surface area contributed by atoms with Gasteiger partial charge in [-0.1, -0.05) is 39.7 Å². The first kappa shape index (κ1) is 32.5. The van der Waals surface area contributed by atoms with Crippen LogP contribution in [0, 0.1) is 0 Å². The summed E-state index contributed by atoms with van der Waals surface area (Å²) in [6, 6.07) is 3.26. The molecule has 2 N–H and O–H groups in total. The number of carbonyl (C=O) groups is 4. The summed E-state index contributed by atoms with van der Waals surface area (Å²) >= 11 is 0. The minimum absolute atomic E-state index is 0.00901. The lowest BCUT2D eigenvalue weighted by Crippen LogP contribution is -2.36. The van der Waals surface area contributed by atoms with Crippen LogP contribution in [0.25, 0.3) is 0 Å². The molecule has 1 aromatic rings. The van der Waals surface area contributed by atoms with Crippen molar-refractivity contribution in [2.75, 3.05) is 26.4 Å². The number of rotatable bonds is 16. The number of carbonyl (C=O) groups excluding carboxylic acids is 4. The van der Waals surface area contributed by atoms with Crippen molar-refractivity contribution in [2.24, 2.45) is 5.73 Å². The molecule has 214 valence electrons. The van der Waals surface area contributed by atoms with Crippen LogP contribution in [0.4, 0.5) is 14.4 Å². The van der Waals surface area contributed by atoms with Crippen molar-refractivity contribution in [2.45, 2.75) is 78.4 Å². The molecule has 12 nitrogen and oxygen atoms in total. The Morgan fingerprint density at radius 2 is 1.34 bits per heavy atom. The average Bonchev–Trinajstić information content (AvgIpc) is 2.87. The van der Waals surface area contributed by atoms with Gasteiger partial charge in [0.15, 0.2) is 11.5 Å². The Labute approximate surface area is 223 Å². The van der Waals surface area contributed by atoms with E-state index < -0.39 is 36.6 Å². The fraction of sp³-hybridized carbons (Fsp3) is 0.615. The van der Waals surface area contributed by atoms with E-state index in [0.717, 1.165) is 12.8 Å². The van der Waals surface area contributed by atoms with E-state index in [4.69, 9.17) is 38.9 Å². The third-order valence-corrected chi connectivity index (χ3v) is 4.77. The first-order valence-electron chi connectivity index (χ1n) is 12.8. The molecule has 0 saturated carbocycles. The van der Waals surface area contributed by atoms with Gasteiger partial charge in [0.1, 0.15) is 18.8 Å². The molecule has 12 heteroatoms. The molecule has 0 aliphatic carbocycles. The second-order valence-corrected chi connectivity index (χ2v) is 8.36. The summed E-state index contributed by atoms with van der Waals surface area (Å²) in [5, 5.41) is 0. The summed E-state index contributed by atoms with van der Waals surface area (Å²) < 4.78 is 35.3. The maximum Gasteiger partial charge on any atom is 0.513 e. The van der Waals surface area contributed by atoms with E-state index in [1.807, 2.05) is 20.8 Å². The second-order valence-electron chi connectivity index (χ2n) is 8.36. The quantitative estimate of drug-likeness (QED) is 0.133.